The maximum absolute atomic E-state index is 12.5. The number of carbonyl (C=O) groups excluding carboxylic acids is 1. The van der Waals surface area contributed by atoms with Crippen LogP contribution in [0.4, 0.5) is 5.82 Å². The van der Waals surface area contributed by atoms with Crippen molar-refractivity contribution in [3.63, 3.8) is 0 Å². The van der Waals surface area contributed by atoms with Crippen molar-refractivity contribution >= 4 is 11.7 Å². The number of aromatic nitrogens is 4. The maximum Gasteiger partial charge on any atom is 0.253 e. The molecule has 7 nitrogen and oxygen atoms in total. The third-order valence-electron chi connectivity index (χ3n) is 4.73. The highest BCUT2D eigenvalue weighted by Gasteiger charge is 2.26. The minimum Gasteiger partial charge on any atom is -0.356 e. The van der Waals surface area contributed by atoms with Crippen LogP contribution in [0.2, 0.25) is 0 Å². The fourth-order valence-electron chi connectivity index (χ4n) is 3.18. The van der Waals surface area contributed by atoms with Gasteiger partial charge in [0.25, 0.3) is 5.91 Å². The highest BCUT2D eigenvalue weighted by molar-refractivity contribution is 5.94. The molecule has 0 radical (unpaired) electrons. The normalized spacial score (nSPS) is 19.5. The third kappa shape index (κ3) is 2.74. The molecule has 126 valence electrons. The zero-order valence-electron chi connectivity index (χ0n) is 13.9. The average Bonchev–Trinajstić information content (AvgIpc) is 2.98. The number of pyridine rings is 1. The van der Waals surface area contributed by atoms with Crippen molar-refractivity contribution in [2.24, 2.45) is 0 Å². The molecule has 2 aromatic heterocycles. The van der Waals surface area contributed by atoms with E-state index >= 15 is 0 Å². The molecule has 1 fully saturated rings. The second-order valence-electron chi connectivity index (χ2n) is 6.38. The molecule has 0 aromatic carbocycles. The highest BCUT2D eigenvalue weighted by atomic mass is 16.1. The summed E-state index contributed by atoms with van der Waals surface area (Å²) in [7, 11) is 0. The van der Waals surface area contributed by atoms with Gasteiger partial charge in [-0.15, -0.1) is 0 Å². The summed E-state index contributed by atoms with van der Waals surface area (Å²) in [5, 5.41) is 7.57. The van der Waals surface area contributed by atoms with E-state index in [-0.39, 0.29) is 11.9 Å². The molecule has 2 aliphatic rings. The van der Waals surface area contributed by atoms with E-state index in [4.69, 9.17) is 0 Å². The van der Waals surface area contributed by atoms with Crippen molar-refractivity contribution in [3.8, 4) is 0 Å². The van der Waals surface area contributed by atoms with E-state index in [2.05, 4.69) is 25.3 Å². The lowest BCUT2D eigenvalue weighted by molar-refractivity contribution is 0.0927. The van der Waals surface area contributed by atoms with E-state index in [1.807, 2.05) is 23.7 Å². The number of fused-ring (bicyclic) bond motifs is 1. The van der Waals surface area contributed by atoms with Crippen LogP contribution < -0.4 is 10.2 Å². The summed E-state index contributed by atoms with van der Waals surface area (Å²) in [5.74, 6) is 2.56. The predicted octanol–water partition coefficient (Wildman–Crippen LogP) is 1.71. The molecule has 4 rings (SSSR count). The van der Waals surface area contributed by atoms with Gasteiger partial charge in [0.15, 0.2) is 5.82 Å². The molecular weight excluding hydrogens is 304 g/mol. The predicted molar refractivity (Wildman–Crippen MR) is 89.9 cm³/mol. The Kier molecular flexibility index (Phi) is 3.92. The molecule has 1 amide bonds. The van der Waals surface area contributed by atoms with E-state index < -0.39 is 0 Å². The van der Waals surface area contributed by atoms with Crippen molar-refractivity contribution < 1.29 is 4.79 Å². The number of nitrogens with one attached hydrogen (secondary N) is 1. The summed E-state index contributed by atoms with van der Waals surface area (Å²) in [4.78, 5) is 23.7. The molecule has 1 N–H and O–H groups in total. The quantitative estimate of drug-likeness (QED) is 0.926. The Balaban J connectivity index is 1.47. The fraction of sp³-hybridized carbons (Fsp3) is 0.529. The molecule has 2 aliphatic heterocycles. The summed E-state index contributed by atoms with van der Waals surface area (Å²) in [6.45, 7) is 5.02. The van der Waals surface area contributed by atoms with E-state index in [1.165, 1.54) is 6.42 Å². The Morgan fingerprint density at radius 3 is 2.83 bits per heavy atom. The molecule has 4 heterocycles. The average molecular weight is 326 g/mol. The first-order valence-corrected chi connectivity index (χ1v) is 8.70. The van der Waals surface area contributed by atoms with Gasteiger partial charge in [0.05, 0.1) is 11.6 Å². The SMILES string of the molecule is CCc1nc2n(n1)CCC[C@@H]2NC(=O)c1ccc(N2CCC2)nc1. The van der Waals surface area contributed by atoms with Crippen LogP contribution in [0.25, 0.3) is 0 Å². The van der Waals surface area contributed by atoms with Crippen LogP contribution in [-0.2, 0) is 13.0 Å². The van der Waals surface area contributed by atoms with Gasteiger partial charge in [-0.1, -0.05) is 6.92 Å². The van der Waals surface area contributed by atoms with Crippen molar-refractivity contribution in [2.75, 3.05) is 18.0 Å². The van der Waals surface area contributed by atoms with Gasteiger partial charge in [-0.05, 0) is 31.4 Å². The van der Waals surface area contributed by atoms with Gasteiger partial charge in [0.2, 0.25) is 0 Å². The van der Waals surface area contributed by atoms with Gasteiger partial charge < -0.3 is 10.2 Å². The van der Waals surface area contributed by atoms with Crippen LogP contribution in [0.1, 0.15) is 54.2 Å². The van der Waals surface area contributed by atoms with E-state index in [9.17, 15) is 4.79 Å². The number of rotatable bonds is 4. The van der Waals surface area contributed by atoms with Gasteiger partial charge in [0, 0.05) is 32.3 Å². The molecular formula is C17H22N6O. The van der Waals surface area contributed by atoms with Gasteiger partial charge in [-0.2, -0.15) is 5.10 Å². The molecule has 0 unspecified atom stereocenters. The van der Waals surface area contributed by atoms with Crippen molar-refractivity contribution in [1.82, 2.24) is 25.1 Å². The van der Waals surface area contributed by atoms with Gasteiger partial charge in [-0.25, -0.2) is 14.6 Å². The Morgan fingerprint density at radius 2 is 2.17 bits per heavy atom. The summed E-state index contributed by atoms with van der Waals surface area (Å²) >= 11 is 0. The van der Waals surface area contributed by atoms with Crippen molar-refractivity contribution in [1.29, 1.82) is 0 Å². The Morgan fingerprint density at radius 1 is 1.29 bits per heavy atom. The molecule has 2 aromatic rings. The first-order chi connectivity index (χ1) is 11.7. The lowest BCUT2D eigenvalue weighted by Gasteiger charge is -2.31. The molecule has 0 spiro atoms. The van der Waals surface area contributed by atoms with Crippen molar-refractivity contribution in [2.45, 2.75) is 45.2 Å². The number of anilines is 1. The number of aryl methyl sites for hydroxylation is 2. The largest absolute Gasteiger partial charge is 0.356 e. The summed E-state index contributed by atoms with van der Waals surface area (Å²) < 4.78 is 1.93. The first-order valence-electron chi connectivity index (χ1n) is 8.70. The number of carbonyl (C=O) groups is 1. The summed E-state index contributed by atoms with van der Waals surface area (Å²) in [6, 6.07) is 3.70. The van der Waals surface area contributed by atoms with Gasteiger partial charge >= 0.3 is 0 Å². The maximum atomic E-state index is 12.5. The molecule has 7 heteroatoms. The molecule has 1 atom stereocenters. The zero-order valence-corrected chi connectivity index (χ0v) is 13.9. The van der Waals surface area contributed by atoms with Crippen LogP contribution in [0.3, 0.4) is 0 Å². The number of nitrogens with zero attached hydrogens (tertiary/aromatic N) is 5. The molecule has 0 aliphatic carbocycles. The lowest BCUT2D eigenvalue weighted by Crippen LogP contribution is -2.37. The molecule has 0 saturated carbocycles. The van der Waals surface area contributed by atoms with Crippen LogP contribution in [0.5, 0.6) is 0 Å². The van der Waals surface area contributed by atoms with Crippen LogP contribution in [-0.4, -0.2) is 38.7 Å². The molecule has 24 heavy (non-hydrogen) atoms. The van der Waals surface area contributed by atoms with Gasteiger partial charge in [0.1, 0.15) is 11.6 Å². The Bertz CT molecular complexity index is 734. The van der Waals surface area contributed by atoms with Gasteiger partial charge in [-0.3, -0.25) is 4.79 Å². The number of hydrogen-bond acceptors (Lipinski definition) is 5. The first kappa shape index (κ1) is 15.1. The second-order valence-corrected chi connectivity index (χ2v) is 6.38. The van der Waals surface area contributed by atoms with E-state index in [0.29, 0.717) is 5.56 Å². The fourth-order valence-corrected chi connectivity index (χ4v) is 3.18. The number of hydrogen-bond donors (Lipinski definition) is 1. The second kappa shape index (κ2) is 6.22. The third-order valence-corrected chi connectivity index (χ3v) is 4.73. The monoisotopic (exact) mass is 326 g/mol. The van der Waals surface area contributed by atoms with E-state index in [0.717, 1.165) is 56.4 Å². The highest BCUT2D eigenvalue weighted by Crippen LogP contribution is 2.24. The lowest BCUT2D eigenvalue weighted by atomic mass is 10.1. The van der Waals surface area contributed by atoms with Crippen LogP contribution >= 0.6 is 0 Å². The van der Waals surface area contributed by atoms with Crippen LogP contribution in [0.15, 0.2) is 18.3 Å². The van der Waals surface area contributed by atoms with E-state index in [1.54, 1.807) is 6.20 Å². The Hall–Kier alpha value is -2.44. The minimum absolute atomic E-state index is 0.0749. The smallest absolute Gasteiger partial charge is 0.253 e. The molecule has 0 bridgehead atoms. The van der Waals surface area contributed by atoms with Crippen LogP contribution in [0, 0.1) is 0 Å². The topological polar surface area (TPSA) is 75.9 Å². The summed E-state index contributed by atoms with van der Waals surface area (Å²) in [6.07, 6.45) is 5.58. The van der Waals surface area contributed by atoms with Crippen molar-refractivity contribution in [3.05, 3.63) is 35.5 Å². The Labute approximate surface area is 141 Å². The standard InChI is InChI=1S/C17H22N6O/c1-2-14-20-16-13(5-3-10-23(16)21-14)19-17(24)12-6-7-15(18-11-12)22-8-4-9-22/h6-7,11,13H,2-5,8-10H2,1H3,(H,19,24)/t13-/m0/s1. The summed E-state index contributed by atoms with van der Waals surface area (Å²) in [5.41, 5.74) is 0.589. The minimum atomic E-state index is -0.0999. The number of amides is 1. The molecule has 1 saturated heterocycles. The zero-order chi connectivity index (χ0) is 16.5.